The molecule has 15 heavy (non-hydrogen) atoms. The van der Waals surface area contributed by atoms with Gasteiger partial charge in [-0.3, -0.25) is 0 Å². The van der Waals surface area contributed by atoms with E-state index in [-0.39, 0.29) is 5.41 Å². The van der Waals surface area contributed by atoms with Crippen LogP contribution in [0.5, 0.6) is 0 Å². The summed E-state index contributed by atoms with van der Waals surface area (Å²) in [4.78, 5) is 0. The van der Waals surface area contributed by atoms with Gasteiger partial charge >= 0.3 is 0 Å². The summed E-state index contributed by atoms with van der Waals surface area (Å²) in [5.74, 6) is 0. The molecule has 1 rings (SSSR count). The Bertz CT molecular complexity index is 211. The van der Waals surface area contributed by atoms with E-state index >= 15 is 0 Å². The highest BCUT2D eigenvalue weighted by molar-refractivity contribution is 5.00. The SMILES string of the molecule is CCC(C)(O)C1(CN)CCC(C)(C)CC1. The zero-order valence-corrected chi connectivity index (χ0v) is 10.8. The van der Waals surface area contributed by atoms with E-state index in [0.717, 1.165) is 19.3 Å². The van der Waals surface area contributed by atoms with Gasteiger partial charge in [-0.1, -0.05) is 20.8 Å². The van der Waals surface area contributed by atoms with E-state index < -0.39 is 5.60 Å². The lowest BCUT2D eigenvalue weighted by atomic mass is 9.58. The van der Waals surface area contributed by atoms with Crippen LogP contribution >= 0.6 is 0 Å². The summed E-state index contributed by atoms with van der Waals surface area (Å²) in [5, 5.41) is 10.5. The summed E-state index contributed by atoms with van der Waals surface area (Å²) in [6.45, 7) is 9.25. The van der Waals surface area contributed by atoms with Crippen molar-refractivity contribution in [3.05, 3.63) is 0 Å². The highest BCUT2D eigenvalue weighted by atomic mass is 16.3. The average Bonchev–Trinajstić information content (AvgIpc) is 2.18. The molecule has 0 spiro atoms. The van der Waals surface area contributed by atoms with Gasteiger partial charge in [-0.2, -0.15) is 0 Å². The molecular formula is C13H27NO. The number of hydrogen-bond donors (Lipinski definition) is 2. The van der Waals surface area contributed by atoms with Crippen LogP contribution < -0.4 is 5.73 Å². The van der Waals surface area contributed by atoms with Crippen molar-refractivity contribution in [2.24, 2.45) is 16.6 Å². The maximum absolute atomic E-state index is 10.5. The average molecular weight is 213 g/mol. The van der Waals surface area contributed by atoms with E-state index in [2.05, 4.69) is 20.8 Å². The molecule has 1 unspecified atom stereocenters. The third-order valence-electron chi connectivity index (χ3n) is 4.78. The Morgan fingerprint density at radius 3 is 2.00 bits per heavy atom. The van der Waals surface area contributed by atoms with Crippen molar-refractivity contribution < 1.29 is 5.11 Å². The molecule has 1 fully saturated rings. The van der Waals surface area contributed by atoms with Gasteiger partial charge in [-0.05, 0) is 44.4 Å². The zero-order valence-electron chi connectivity index (χ0n) is 10.8. The van der Waals surface area contributed by atoms with Crippen molar-refractivity contribution in [1.82, 2.24) is 0 Å². The minimum atomic E-state index is -0.599. The zero-order chi connectivity index (χ0) is 11.7. The third kappa shape index (κ3) is 2.36. The van der Waals surface area contributed by atoms with Crippen molar-refractivity contribution in [3.8, 4) is 0 Å². The standard InChI is InChI=1S/C13H27NO/c1-5-12(4,15)13(10-14)8-6-11(2,3)7-9-13/h15H,5-10,14H2,1-4H3. The molecule has 90 valence electrons. The molecule has 1 aliphatic carbocycles. The van der Waals surface area contributed by atoms with Crippen LogP contribution in [0.3, 0.4) is 0 Å². The molecule has 0 saturated heterocycles. The molecule has 0 aromatic rings. The van der Waals surface area contributed by atoms with Crippen LogP contribution in [0.25, 0.3) is 0 Å². The summed E-state index contributed by atoms with van der Waals surface area (Å²) in [7, 11) is 0. The van der Waals surface area contributed by atoms with Gasteiger partial charge in [0.05, 0.1) is 5.60 Å². The van der Waals surface area contributed by atoms with E-state index in [1.54, 1.807) is 0 Å². The topological polar surface area (TPSA) is 46.2 Å². The maximum atomic E-state index is 10.5. The normalized spacial score (nSPS) is 28.4. The van der Waals surface area contributed by atoms with Crippen molar-refractivity contribution >= 4 is 0 Å². The van der Waals surface area contributed by atoms with Crippen LogP contribution in [-0.2, 0) is 0 Å². The second-order valence-electron chi connectivity index (χ2n) is 6.28. The van der Waals surface area contributed by atoms with Gasteiger partial charge < -0.3 is 10.8 Å². The predicted molar refractivity (Wildman–Crippen MR) is 64.7 cm³/mol. The molecule has 0 aromatic carbocycles. The van der Waals surface area contributed by atoms with E-state index in [9.17, 15) is 5.11 Å². The number of nitrogens with two attached hydrogens (primary N) is 1. The summed E-state index contributed by atoms with van der Waals surface area (Å²) in [6.07, 6.45) is 5.29. The van der Waals surface area contributed by atoms with E-state index in [1.807, 2.05) is 6.92 Å². The quantitative estimate of drug-likeness (QED) is 0.757. The second-order valence-corrected chi connectivity index (χ2v) is 6.28. The van der Waals surface area contributed by atoms with Gasteiger partial charge in [0, 0.05) is 12.0 Å². The van der Waals surface area contributed by atoms with Gasteiger partial charge in [0.15, 0.2) is 0 Å². The first kappa shape index (κ1) is 13.0. The minimum Gasteiger partial charge on any atom is -0.390 e. The summed E-state index contributed by atoms with van der Waals surface area (Å²) in [5.41, 5.74) is 5.72. The Labute approximate surface area is 94.2 Å². The Morgan fingerprint density at radius 1 is 1.20 bits per heavy atom. The Kier molecular flexibility index (Phi) is 3.52. The van der Waals surface area contributed by atoms with Crippen LogP contribution in [0.15, 0.2) is 0 Å². The summed E-state index contributed by atoms with van der Waals surface area (Å²) >= 11 is 0. The highest BCUT2D eigenvalue weighted by Gasteiger charge is 2.48. The summed E-state index contributed by atoms with van der Waals surface area (Å²) in [6, 6.07) is 0. The van der Waals surface area contributed by atoms with Crippen LogP contribution in [-0.4, -0.2) is 17.3 Å². The third-order valence-corrected chi connectivity index (χ3v) is 4.78. The fourth-order valence-corrected chi connectivity index (χ4v) is 2.74. The number of rotatable bonds is 3. The molecule has 3 N–H and O–H groups in total. The lowest BCUT2D eigenvalue weighted by Gasteiger charge is -2.50. The van der Waals surface area contributed by atoms with Crippen LogP contribution in [0, 0.1) is 10.8 Å². The highest BCUT2D eigenvalue weighted by Crippen LogP contribution is 2.50. The van der Waals surface area contributed by atoms with Gasteiger partial charge in [0.1, 0.15) is 0 Å². The largest absolute Gasteiger partial charge is 0.390 e. The molecule has 2 nitrogen and oxygen atoms in total. The molecule has 0 heterocycles. The summed E-state index contributed by atoms with van der Waals surface area (Å²) < 4.78 is 0. The van der Waals surface area contributed by atoms with Crippen molar-refractivity contribution in [1.29, 1.82) is 0 Å². The maximum Gasteiger partial charge on any atom is 0.0685 e. The first-order valence-electron chi connectivity index (χ1n) is 6.21. The number of hydrogen-bond acceptors (Lipinski definition) is 2. The molecular weight excluding hydrogens is 186 g/mol. The van der Waals surface area contributed by atoms with E-state index in [1.165, 1.54) is 12.8 Å². The Hall–Kier alpha value is -0.0800. The van der Waals surface area contributed by atoms with Gasteiger partial charge in [-0.15, -0.1) is 0 Å². The monoisotopic (exact) mass is 213 g/mol. The van der Waals surface area contributed by atoms with Crippen molar-refractivity contribution in [2.75, 3.05) is 6.54 Å². The minimum absolute atomic E-state index is 0.0444. The Balaban J connectivity index is 2.81. The van der Waals surface area contributed by atoms with Crippen LogP contribution in [0.4, 0.5) is 0 Å². The lowest BCUT2D eigenvalue weighted by Crippen LogP contribution is -2.53. The molecule has 1 saturated carbocycles. The van der Waals surface area contributed by atoms with Gasteiger partial charge in [-0.25, -0.2) is 0 Å². The van der Waals surface area contributed by atoms with Crippen molar-refractivity contribution in [2.45, 2.75) is 65.4 Å². The fourth-order valence-electron chi connectivity index (χ4n) is 2.74. The molecule has 1 aliphatic rings. The molecule has 0 aromatic heterocycles. The van der Waals surface area contributed by atoms with Crippen molar-refractivity contribution in [3.63, 3.8) is 0 Å². The first-order valence-corrected chi connectivity index (χ1v) is 6.21. The molecule has 2 heteroatoms. The van der Waals surface area contributed by atoms with Crippen LogP contribution in [0.1, 0.15) is 59.8 Å². The Morgan fingerprint density at radius 2 is 1.67 bits per heavy atom. The van der Waals surface area contributed by atoms with E-state index in [4.69, 9.17) is 5.73 Å². The molecule has 1 atom stereocenters. The van der Waals surface area contributed by atoms with Crippen LogP contribution in [0.2, 0.25) is 0 Å². The predicted octanol–water partition coefficient (Wildman–Crippen LogP) is 2.69. The molecule has 0 aliphatic heterocycles. The molecule has 0 radical (unpaired) electrons. The molecule has 0 bridgehead atoms. The number of aliphatic hydroxyl groups is 1. The fraction of sp³-hybridized carbons (Fsp3) is 1.00. The van der Waals surface area contributed by atoms with Gasteiger partial charge in [0.25, 0.3) is 0 Å². The second kappa shape index (κ2) is 4.06. The van der Waals surface area contributed by atoms with E-state index in [0.29, 0.717) is 12.0 Å². The lowest BCUT2D eigenvalue weighted by molar-refractivity contribution is -0.101. The smallest absolute Gasteiger partial charge is 0.0685 e. The van der Waals surface area contributed by atoms with Gasteiger partial charge in [0.2, 0.25) is 0 Å². The first-order chi connectivity index (χ1) is 6.79. The molecule has 0 amide bonds.